The Kier molecular flexibility index (Phi) is 3.28. The van der Waals surface area contributed by atoms with Gasteiger partial charge in [-0.3, -0.25) is 4.68 Å². The van der Waals surface area contributed by atoms with Crippen molar-refractivity contribution in [3.63, 3.8) is 0 Å². The van der Waals surface area contributed by atoms with Crippen LogP contribution in [0.3, 0.4) is 0 Å². The Bertz CT molecular complexity index is 817. The van der Waals surface area contributed by atoms with Gasteiger partial charge < -0.3 is 9.15 Å². The Morgan fingerprint density at radius 1 is 1.35 bits per heavy atom. The number of para-hydroxylation sites is 1. The number of aryl methyl sites for hydroxylation is 2. The van der Waals surface area contributed by atoms with Crippen molar-refractivity contribution in [3.05, 3.63) is 40.4 Å². The summed E-state index contributed by atoms with van der Waals surface area (Å²) < 4.78 is 12.3. The van der Waals surface area contributed by atoms with Gasteiger partial charge in [-0.15, -0.1) is 0 Å². The molecular formula is C15H16N2O3. The zero-order valence-electron chi connectivity index (χ0n) is 11.5. The summed E-state index contributed by atoms with van der Waals surface area (Å²) in [5, 5.41) is 6.02. The van der Waals surface area contributed by atoms with Gasteiger partial charge in [0.05, 0.1) is 5.69 Å². The van der Waals surface area contributed by atoms with Crippen LogP contribution >= 0.6 is 0 Å². The molecule has 0 fully saturated rings. The van der Waals surface area contributed by atoms with E-state index in [2.05, 4.69) is 5.10 Å². The molecule has 5 nitrogen and oxygen atoms in total. The Morgan fingerprint density at radius 3 is 2.95 bits per heavy atom. The van der Waals surface area contributed by atoms with Crippen LogP contribution in [-0.4, -0.2) is 23.5 Å². The van der Waals surface area contributed by atoms with E-state index in [-0.39, 0.29) is 5.63 Å². The van der Waals surface area contributed by atoms with E-state index in [1.165, 1.54) is 0 Å². The summed E-state index contributed by atoms with van der Waals surface area (Å²) >= 11 is 0. The van der Waals surface area contributed by atoms with Crippen LogP contribution in [0.2, 0.25) is 0 Å². The van der Waals surface area contributed by atoms with Crippen LogP contribution in [-0.2, 0) is 11.3 Å². The van der Waals surface area contributed by atoms with Crippen LogP contribution in [0.25, 0.3) is 21.9 Å². The molecule has 0 radical (unpaired) electrons. The van der Waals surface area contributed by atoms with Crippen LogP contribution in [0.1, 0.15) is 12.1 Å². The van der Waals surface area contributed by atoms with Gasteiger partial charge in [-0.1, -0.05) is 12.1 Å². The summed E-state index contributed by atoms with van der Waals surface area (Å²) in [6.45, 7) is 3.29. The predicted molar refractivity (Wildman–Crippen MR) is 77.0 cm³/mol. The normalized spacial score (nSPS) is 11.5. The number of aromatic nitrogens is 2. The van der Waals surface area contributed by atoms with Gasteiger partial charge in [-0.2, -0.15) is 5.10 Å². The van der Waals surface area contributed by atoms with Crippen LogP contribution < -0.4 is 5.63 Å². The van der Waals surface area contributed by atoms with Gasteiger partial charge in [-0.25, -0.2) is 4.79 Å². The van der Waals surface area contributed by atoms with Gasteiger partial charge in [0.1, 0.15) is 16.5 Å². The van der Waals surface area contributed by atoms with E-state index in [4.69, 9.17) is 9.15 Å². The number of rotatable bonds is 4. The maximum atomic E-state index is 12.1. The van der Waals surface area contributed by atoms with Crippen molar-refractivity contribution in [2.24, 2.45) is 0 Å². The quantitative estimate of drug-likeness (QED) is 0.541. The second-order valence-corrected chi connectivity index (χ2v) is 4.76. The van der Waals surface area contributed by atoms with Gasteiger partial charge in [0.15, 0.2) is 0 Å². The van der Waals surface area contributed by atoms with Crippen LogP contribution in [0.15, 0.2) is 33.5 Å². The number of ether oxygens (including phenoxy) is 1. The van der Waals surface area contributed by atoms with E-state index < -0.39 is 0 Å². The smallest absolute Gasteiger partial charge is 0.347 e. The summed E-state index contributed by atoms with van der Waals surface area (Å²) in [5.41, 5.74) is 1.81. The molecule has 1 aromatic carbocycles. The number of methoxy groups -OCH3 is 1. The summed E-state index contributed by atoms with van der Waals surface area (Å²) in [6, 6.07) is 7.47. The fourth-order valence-electron chi connectivity index (χ4n) is 2.46. The molecule has 20 heavy (non-hydrogen) atoms. The lowest BCUT2D eigenvalue weighted by Gasteiger charge is -2.02. The van der Waals surface area contributed by atoms with Crippen molar-refractivity contribution in [2.45, 2.75) is 19.9 Å². The maximum Gasteiger partial charge on any atom is 0.347 e. The molecule has 3 rings (SSSR count). The lowest BCUT2D eigenvalue weighted by atomic mass is 10.2. The van der Waals surface area contributed by atoms with E-state index in [1.54, 1.807) is 13.2 Å². The molecule has 0 aliphatic carbocycles. The minimum absolute atomic E-state index is 0.325. The monoisotopic (exact) mass is 272 g/mol. The summed E-state index contributed by atoms with van der Waals surface area (Å²) in [6.07, 6.45) is 0.856. The Morgan fingerprint density at radius 2 is 2.15 bits per heavy atom. The van der Waals surface area contributed by atoms with Gasteiger partial charge in [0.2, 0.25) is 0 Å². The maximum absolute atomic E-state index is 12.1. The number of fused-ring (bicyclic) bond motifs is 3. The van der Waals surface area contributed by atoms with Gasteiger partial charge in [-0.05, 0) is 25.5 Å². The minimum Gasteiger partial charge on any atom is -0.422 e. The van der Waals surface area contributed by atoms with Gasteiger partial charge in [0.25, 0.3) is 0 Å². The fraction of sp³-hybridized carbons (Fsp3) is 0.333. The molecule has 104 valence electrons. The third kappa shape index (κ3) is 2.00. The standard InChI is InChI=1S/C15H16N2O3/c1-10-13-14(16-17(10)8-5-9-19-2)11-6-3-4-7-12(11)20-15(13)18/h3-4,6-7H,5,8-9H2,1-2H3. The molecule has 2 heterocycles. The molecule has 5 heteroatoms. The minimum atomic E-state index is -0.325. The molecule has 0 saturated carbocycles. The van der Waals surface area contributed by atoms with Crippen LogP contribution in [0.4, 0.5) is 0 Å². The van der Waals surface area contributed by atoms with Gasteiger partial charge in [0, 0.05) is 25.6 Å². The van der Waals surface area contributed by atoms with Crippen LogP contribution in [0, 0.1) is 6.92 Å². The molecule has 3 aromatic rings. The Labute approximate surface area is 115 Å². The largest absolute Gasteiger partial charge is 0.422 e. The lowest BCUT2D eigenvalue weighted by molar-refractivity contribution is 0.189. The molecule has 0 amide bonds. The Hall–Kier alpha value is -2.14. The third-order valence-electron chi connectivity index (χ3n) is 3.47. The third-order valence-corrected chi connectivity index (χ3v) is 3.47. The topological polar surface area (TPSA) is 57.3 Å². The first-order chi connectivity index (χ1) is 9.72. The first kappa shape index (κ1) is 12.9. The average molecular weight is 272 g/mol. The molecule has 0 saturated heterocycles. The first-order valence-electron chi connectivity index (χ1n) is 6.60. The second kappa shape index (κ2) is 5.09. The van der Waals surface area contributed by atoms with Crippen molar-refractivity contribution in [2.75, 3.05) is 13.7 Å². The highest BCUT2D eigenvalue weighted by Crippen LogP contribution is 2.23. The predicted octanol–water partition coefficient (Wildman–Crippen LogP) is 2.49. The average Bonchev–Trinajstić information content (AvgIpc) is 2.78. The number of nitrogens with zero attached hydrogens (tertiary/aromatic N) is 2. The molecule has 2 aromatic heterocycles. The van der Waals surface area contributed by atoms with Gasteiger partial charge >= 0.3 is 5.63 Å². The highest BCUT2D eigenvalue weighted by molar-refractivity contribution is 6.02. The summed E-state index contributed by atoms with van der Waals surface area (Å²) in [5.74, 6) is 0. The van der Waals surface area contributed by atoms with Crippen molar-refractivity contribution in [3.8, 4) is 0 Å². The summed E-state index contributed by atoms with van der Waals surface area (Å²) in [4.78, 5) is 12.1. The number of hydrogen-bond donors (Lipinski definition) is 0. The molecule has 0 N–H and O–H groups in total. The Balaban J connectivity index is 2.21. The van der Waals surface area contributed by atoms with E-state index in [0.29, 0.717) is 23.1 Å². The lowest BCUT2D eigenvalue weighted by Crippen LogP contribution is -2.05. The molecule has 0 spiro atoms. The molecule has 0 bridgehead atoms. The SMILES string of the molecule is COCCCn1nc2c(c1C)c(=O)oc1ccccc12. The zero-order chi connectivity index (χ0) is 14.1. The molecule has 0 unspecified atom stereocenters. The van der Waals surface area contributed by atoms with Crippen molar-refractivity contribution in [1.29, 1.82) is 0 Å². The van der Waals surface area contributed by atoms with Crippen LogP contribution in [0.5, 0.6) is 0 Å². The van der Waals surface area contributed by atoms with Crippen molar-refractivity contribution >= 4 is 21.9 Å². The van der Waals surface area contributed by atoms with E-state index in [0.717, 1.165) is 24.0 Å². The van der Waals surface area contributed by atoms with E-state index in [9.17, 15) is 4.79 Å². The van der Waals surface area contributed by atoms with E-state index >= 15 is 0 Å². The fourth-order valence-corrected chi connectivity index (χ4v) is 2.46. The molecular weight excluding hydrogens is 256 g/mol. The molecule has 0 aliphatic rings. The van der Waals surface area contributed by atoms with E-state index in [1.807, 2.05) is 29.8 Å². The number of benzene rings is 1. The highest BCUT2D eigenvalue weighted by atomic mass is 16.5. The number of hydrogen-bond acceptors (Lipinski definition) is 4. The van der Waals surface area contributed by atoms with Crippen molar-refractivity contribution < 1.29 is 9.15 Å². The zero-order valence-corrected chi connectivity index (χ0v) is 11.5. The molecule has 0 aliphatic heterocycles. The molecule has 0 atom stereocenters. The summed E-state index contributed by atoms with van der Waals surface area (Å²) in [7, 11) is 1.68. The second-order valence-electron chi connectivity index (χ2n) is 4.76. The first-order valence-corrected chi connectivity index (χ1v) is 6.60. The highest BCUT2D eigenvalue weighted by Gasteiger charge is 2.15. The van der Waals surface area contributed by atoms with Crippen molar-refractivity contribution in [1.82, 2.24) is 9.78 Å².